The van der Waals surface area contributed by atoms with Crippen LogP contribution >= 0.6 is 0 Å². The predicted molar refractivity (Wildman–Crippen MR) is 66.9 cm³/mol. The Morgan fingerprint density at radius 1 is 1.07 bits per heavy atom. The Morgan fingerprint density at radius 2 is 1.60 bits per heavy atom. The molecule has 15 heavy (non-hydrogen) atoms. The molecule has 1 fully saturated rings. The Kier molecular flexibility index (Phi) is 4.19. The van der Waals surface area contributed by atoms with Gasteiger partial charge in [-0.05, 0) is 32.1 Å². The Balaban J connectivity index is 2.35. The molecule has 0 aliphatic heterocycles. The Hall–Kier alpha value is -0.0800. The quantitative estimate of drug-likeness (QED) is 0.752. The molecule has 2 heteroatoms. The molecule has 3 N–H and O–H groups in total. The van der Waals surface area contributed by atoms with E-state index in [2.05, 4.69) is 33.0 Å². The molecular formula is C13H28N2. The standard InChI is InChI=1S/C13H28N2/c1-12(2,13(3,4)14)10-15-11-8-6-5-7-9-11/h11,15H,5-10,14H2,1-4H3. The lowest BCUT2D eigenvalue weighted by molar-refractivity contribution is 0.181. The van der Waals surface area contributed by atoms with Gasteiger partial charge in [0, 0.05) is 18.1 Å². The van der Waals surface area contributed by atoms with Gasteiger partial charge < -0.3 is 11.1 Å². The van der Waals surface area contributed by atoms with Gasteiger partial charge in [0.15, 0.2) is 0 Å². The maximum Gasteiger partial charge on any atom is 0.0161 e. The Bertz CT molecular complexity index is 185. The lowest BCUT2D eigenvalue weighted by atomic mass is 9.75. The molecule has 0 unspecified atom stereocenters. The first-order valence-electron chi connectivity index (χ1n) is 6.35. The first-order valence-corrected chi connectivity index (χ1v) is 6.35. The Labute approximate surface area is 95.0 Å². The van der Waals surface area contributed by atoms with Gasteiger partial charge >= 0.3 is 0 Å². The van der Waals surface area contributed by atoms with Gasteiger partial charge in [-0.25, -0.2) is 0 Å². The third kappa shape index (κ3) is 3.76. The average Bonchev–Trinajstić information content (AvgIpc) is 2.15. The lowest BCUT2D eigenvalue weighted by Gasteiger charge is -2.40. The third-order valence-electron chi connectivity index (χ3n) is 4.18. The van der Waals surface area contributed by atoms with Gasteiger partial charge in [-0.15, -0.1) is 0 Å². The molecule has 0 aromatic rings. The zero-order chi connectivity index (χ0) is 11.5. The number of rotatable bonds is 4. The second-order valence-corrected chi connectivity index (χ2v) is 6.32. The van der Waals surface area contributed by atoms with Crippen LogP contribution in [0.25, 0.3) is 0 Å². The first kappa shape index (κ1) is 13.0. The lowest BCUT2D eigenvalue weighted by Crippen LogP contribution is -2.53. The van der Waals surface area contributed by atoms with Crippen molar-refractivity contribution in [3.63, 3.8) is 0 Å². The summed E-state index contributed by atoms with van der Waals surface area (Å²) in [5.74, 6) is 0. The number of nitrogens with two attached hydrogens (primary N) is 1. The molecule has 0 atom stereocenters. The molecule has 1 rings (SSSR count). The fourth-order valence-electron chi connectivity index (χ4n) is 1.93. The number of hydrogen-bond acceptors (Lipinski definition) is 2. The largest absolute Gasteiger partial charge is 0.325 e. The topological polar surface area (TPSA) is 38.0 Å². The minimum Gasteiger partial charge on any atom is -0.325 e. The highest BCUT2D eigenvalue weighted by molar-refractivity contribution is 4.92. The molecule has 0 spiro atoms. The fraction of sp³-hybridized carbons (Fsp3) is 1.00. The van der Waals surface area contributed by atoms with E-state index < -0.39 is 0 Å². The van der Waals surface area contributed by atoms with E-state index in [1.807, 2.05) is 0 Å². The van der Waals surface area contributed by atoms with Gasteiger partial charge in [0.25, 0.3) is 0 Å². The molecule has 90 valence electrons. The van der Waals surface area contributed by atoms with E-state index in [0.717, 1.165) is 12.6 Å². The summed E-state index contributed by atoms with van der Waals surface area (Å²) in [5, 5.41) is 3.69. The molecule has 0 saturated heterocycles. The van der Waals surface area contributed by atoms with Crippen molar-refractivity contribution in [3.8, 4) is 0 Å². The summed E-state index contributed by atoms with van der Waals surface area (Å²) in [5.41, 5.74) is 6.23. The maximum atomic E-state index is 6.19. The number of hydrogen-bond donors (Lipinski definition) is 2. The van der Waals surface area contributed by atoms with Crippen molar-refractivity contribution < 1.29 is 0 Å². The van der Waals surface area contributed by atoms with Crippen LogP contribution in [0.15, 0.2) is 0 Å². The van der Waals surface area contributed by atoms with Crippen LogP contribution in [0.3, 0.4) is 0 Å². The van der Waals surface area contributed by atoms with Crippen LogP contribution in [0.1, 0.15) is 59.8 Å². The summed E-state index contributed by atoms with van der Waals surface area (Å²) in [6.07, 6.45) is 6.90. The van der Waals surface area contributed by atoms with E-state index in [0.29, 0.717) is 0 Å². The summed E-state index contributed by atoms with van der Waals surface area (Å²) >= 11 is 0. The number of nitrogens with one attached hydrogen (secondary N) is 1. The Morgan fingerprint density at radius 3 is 2.07 bits per heavy atom. The van der Waals surface area contributed by atoms with Crippen molar-refractivity contribution in [1.82, 2.24) is 5.32 Å². The van der Waals surface area contributed by atoms with Crippen LogP contribution in [0, 0.1) is 5.41 Å². The third-order valence-corrected chi connectivity index (χ3v) is 4.18. The monoisotopic (exact) mass is 212 g/mol. The summed E-state index contributed by atoms with van der Waals surface area (Å²) < 4.78 is 0. The first-order chi connectivity index (χ1) is 6.83. The maximum absolute atomic E-state index is 6.19. The summed E-state index contributed by atoms with van der Waals surface area (Å²) in [7, 11) is 0. The molecule has 2 nitrogen and oxygen atoms in total. The molecule has 0 aromatic heterocycles. The van der Waals surface area contributed by atoms with E-state index in [4.69, 9.17) is 5.73 Å². The predicted octanol–water partition coefficient (Wildman–Crippen LogP) is 2.67. The van der Waals surface area contributed by atoms with Gasteiger partial charge in [-0.3, -0.25) is 0 Å². The zero-order valence-electron chi connectivity index (χ0n) is 10.9. The minimum absolute atomic E-state index is 0.116. The van der Waals surface area contributed by atoms with Crippen LogP contribution in [0.4, 0.5) is 0 Å². The average molecular weight is 212 g/mol. The van der Waals surface area contributed by atoms with Gasteiger partial charge in [-0.2, -0.15) is 0 Å². The van der Waals surface area contributed by atoms with Crippen molar-refractivity contribution in [3.05, 3.63) is 0 Å². The van der Waals surface area contributed by atoms with Crippen molar-refractivity contribution in [2.75, 3.05) is 6.54 Å². The van der Waals surface area contributed by atoms with Gasteiger partial charge in [0.05, 0.1) is 0 Å². The molecule has 0 bridgehead atoms. The molecule has 0 amide bonds. The highest BCUT2D eigenvalue weighted by Gasteiger charge is 2.33. The smallest absolute Gasteiger partial charge is 0.0161 e. The molecule has 1 aliphatic carbocycles. The van der Waals surface area contributed by atoms with Crippen LogP contribution in [-0.4, -0.2) is 18.1 Å². The SMILES string of the molecule is CC(C)(N)C(C)(C)CNC1CCCCC1. The van der Waals surface area contributed by atoms with Crippen molar-refractivity contribution in [2.45, 2.75) is 71.4 Å². The highest BCUT2D eigenvalue weighted by Crippen LogP contribution is 2.28. The van der Waals surface area contributed by atoms with E-state index in [9.17, 15) is 0 Å². The summed E-state index contributed by atoms with van der Waals surface area (Å²) in [6, 6.07) is 0.736. The van der Waals surface area contributed by atoms with Crippen LogP contribution in [0.5, 0.6) is 0 Å². The van der Waals surface area contributed by atoms with E-state index in [1.54, 1.807) is 0 Å². The van der Waals surface area contributed by atoms with Crippen LogP contribution in [-0.2, 0) is 0 Å². The van der Waals surface area contributed by atoms with Gasteiger partial charge in [-0.1, -0.05) is 33.1 Å². The normalized spacial score (nSPS) is 20.6. The van der Waals surface area contributed by atoms with Gasteiger partial charge in [0.1, 0.15) is 0 Å². The molecule has 0 aromatic carbocycles. The van der Waals surface area contributed by atoms with Crippen LogP contribution in [0.2, 0.25) is 0 Å². The minimum atomic E-state index is -0.116. The molecule has 1 aliphatic rings. The van der Waals surface area contributed by atoms with Crippen molar-refractivity contribution in [2.24, 2.45) is 11.1 Å². The van der Waals surface area contributed by atoms with Gasteiger partial charge in [0.2, 0.25) is 0 Å². The second kappa shape index (κ2) is 4.84. The van der Waals surface area contributed by atoms with Crippen molar-refractivity contribution in [1.29, 1.82) is 0 Å². The molecule has 1 saturated carbocycles. The van der Waals surface area contributed by atoms with E-state index in [-0.39, 0.29) is 11.0 Å². The van der Waals surface area contributed by atoms with Crippen molar-refractivity contribution >= 4 is 0 Å². The molecule has 0 heterocycles. The summed E-state index contributed by atoms with van der Waals surface area (Å²) in [6.45, 7) is 9.78. The van der Waals surface area contributed by atoms with E-state index in [1.165, 1.54) is 32.1 Å². The molecule has 0 radical (unpaired) electrons. The van der Waals surface area contributed by atoms with Crippen LogP contribution < -0.4 is 11.1 Å². The molecular weight excluding hydrogens is 184 g/mol. The summed E-state index contributed by atoms with van der Waals surface area (Å²) in [4.78, 5) is 0. The van der Waals surface area contributed by atoms with E-state index >= 15 is 0 Å². The highest BCUT2D eigenvalue weighted by atomic mass is 14.9. The fourth-order valence-corrected chi connectivity index (χ4v) is 1.93. The zero-order valence-corrected chi connectivity index (χ0v) is 10.9. The second-order valence-electron chi connectivity index (χ2n) is 6.32.